The highest BCUT2D eigenvalue weighted by Gasteiger charge is 2.27. The maximum atomic E-state index is 11.8. The molecule has 5 nitrogen and oxygen atoms in total. The number of thiocarbonyl (C=S) groups is 1. The minimum atomic E-state index is -4.35. The molecule has 21 heavy (non-hydrogen) atoms. The number of nitrogens with zero attached hydrogens (tertiary/aromatic N) is 1. The van der Waals surface area contributed by atoms with Crippen LogP contribution in [0.4, 0.5) is 13.2 Å². The average molecular weight is 327 g/mol. The van der Waals surface area contributed by atoms with Crippen LogP contribution in [0.15, 0.2) is 0 Å². The van der Waals surface area contributed by atoms with Crippen molar-refractivity contribution in [2.24, 2.45) is 5.73 Å². The van der Waals surface area contributed by atoms with Crippen molar-refractivity contribution < 1.29 is 22.7 Å². The standard InChI is InChI=1S/C12H20F3N3O2S/c13-12(14,15)8-20-6-3-11(19)17-9-1-4-18(5-2-9)7-10(16)21/h9H,1-8H2,(H2,16,21)(H,17,19). The van der Waals surface area contributed by atoms with E-state index < -0.39 is 12.8 Å². The van der Waals surface area contributed by atoms with E-state index >= 15 is 0 Å². The average Bonchev–Trinajstić information content (AvgIpc) is 2.35. The lowest BCUT2D eigenvalue weighted by Gasteiger charge is -2.31. The summed E-state index contributed by atoms with van der Waals surface area (Å²) in [6.07, 6.45) is -2.87. The molecular weight excluding hydrogens is 307 g/mol. The van der Waals surface area contributed by atoms with Gasteiger partial charge in [0.05, 0.1) is 11.6 Å². The molecule has 1 rings (SSSR count). The van der Waals surface area contributed by atoms with Gasteiger partial charge in [-0.25, -0.2) is 0 Å². The number of rotatable bonds is 7. The van der Waals surface area contributed by atoms with Gasteiger partial charge < -0.3 is 15.8 Å². The summed E-state index contributed by atoms with van der Waals surface area (Å²) in [5, 5.41) is 2.80. The molecule has 0 saturated carbocycles. The third-order valence-electron chi connectivity index (χ3n) is 3.07. The minimum Gasteiger partial charge on any atom is -0.392 e. The van der Waals surface area contributed by atoms with Gasteiger partial charge in [-0.15, -0.1) is 0 Å². The predicted octanol–water partition coefficient (Wildman–Crippen LogP) is 0.822. The number of hydrogen-bond acceptors (Lipinski definition) is 4. The van der Waals surface area contributed by atoms with Crippen LogP contribution in [-0.4, -0.2) is 60.9 Å². The zero-order chi connectivity index (χ0) is 15.9. The van der Waals surface area contributed by atoms with E-state index in [1.54, 1.807) is 0 Å². The molecule has 3 N–H and O–H groups in total. The van der Waals surface area contributed by atoms with Gasteiger partial charge in [0.15, 0.2) is 0 Å². The number of alkyl halides is 3. The molecule has 0 unspecified atom stereocenters. The van der Waals surface area contributed by atoms with Gasteiger partial charge in [-0.05, 0) is 12.8 Å². The van der Waals surface area contributed by atoms with Crippen LogP contribution in [0.25, 0.3) is 0 Å². The lowest BCUT2D eigenvalue weighted by molar-refractivity contribution is -0.174. The highest BCUT2D eigenvalue weighted by molar-refractivity contribution is 7.80. The van der Waals surface area contributed by atoms with E-state index in [4.69, 9.17) is 18.0 Å². The predicted molar refractivity (Wildman–Crippen MR) is 75.9 cm³/mol. The fourth-order valence-corrected chi connectivity index (χ4v) is 2.29. The molecular formula is C12H20F3N3O2S. The first-order valence-electron chi connectivity index (χ1n) is 6.71. The van der Waals surface area contributed by atoms with Crippen LogP contribution in [0, 0.1) is 0 Å². The number of likely N-dealkylation sites (tertiary alicyclic amines) is 1. The van der Waals surface area contributed by atoms with Crippen molar-refractivity contribution in [3.63, 3.8) is 0 Å². The van der Waals surface area contributed by atoms with E-state index in [2.05, 4.69) is 15.0 Å². The van der Waals surface area contributed by atoms with Crippen LogP contribution in [0.3, 0.4) is 0 Å². The van der Waals surface area contributed by atoms with E-state index in [-0.39, 0.29) is 25.0 Å². The molecule has 0 radical (unpaired) electrons. The maximum absolute atomic E-state index is 11.8. The Bertz CT molecular complexity index is 358. The molecule has 1 amide bonds. The molecule has 122 valence electrons. The molecule has 1 aliphatic heterocycles. The molecule has 0 bridgehead atoms. The van der Waals surface area contributed by atoms with Gasteiger partial charge in [-0.1, -0.05) is 12.2 Å². The van der Waals surface area contributed by atoms with Gasteiger partial charge in [0, 0.05) is 32.1 Å². The molecule has 1 fully saturated rings. The molecule has 0 aromatic heterocycles. The second-order valence-corrected chi connectivity index (χ2v) is 5.53. The smallest absolute Gasteiger partial charge is 0.392 e. The van der Waals surface area contributed by atoms with Gasteiger partial charge in [-0.2, -0.15) is 13.2 Å². The second-order valence-electron chi connectivity index (χ2n) is 5.00. The van der Waals surface area contributed by atoms with Crippen LogP contribution in [-0.2, 0) is 9.53 Å². The van der Waals surface area contributed by atoms with Gasteiger partial charge in [0.2, 0.25) is 5.91 Å². The van der Waals surface area contributed by atoms with Gasteiger partial charge in [-0.3, -0.25) is 9.69 Å². The number of carbonyl (C=O) groups excluding carboxylic acids is 1. The first kappa shape index (κ1) is 18.1. The summed E-state index contributed by atoms with van der Waals surface area (Å²) < 4.78 is 39.9. The number of hydrogen-bond donors (Lipinski definition) is 2. The minimum absolute atomic E-state index is 0.0442. The van der Waals surface area contributed by atoms with Gasteiger partial charge in [0.1, 0.15) is 6.61 Å². The summed E-state index contributed by atoms with van der Waals surface area (Å²) in [5.74, 6) is -0.287. The highest BCUT2D eigenvalue weighted by atomic mass is 32.1. The molecule has 0 aromatic carbocycles. The normalized spacial score (nSPS) is 17.7. The zero-order valence-corrected chi connectivity index (χ0v) is 12.4. The number of nitrogens with one attached hydrogen (secondary N) is 1. The fourth-order valence-electron chi connectivity index (χ4n) is 2.11. The number of carbonyl (C=O) groups is 1. The monoisotopic (exact) mass is 327 g/mol. The quantitative estimate of drug-likeness (QED) is 0.535. The molecule has 0 spiro atoms. The fraction of sp³-hybridized carbons (Fsp3) is 0.833. The van der Waals surface area contributed by atoms with Crippen molar-refractivity contribution in [2.45, 2.75) is 31.5 Å². The van der Waals surface area contributed by atoms with Crippen molar-refractivity contribution >= 4 is 23.1 Å². The highest BCUT2D eigenvalue weighted by Crippen LogP contribution is 2.14. The Kier molecular flexibility index (Phi) is 7.33. The Morgan fingerprint density at radius 2 is 2.00 bits per heavy atom. The van der Waals surface area contributed by atoms with Crippen LogP contribution < -0.4 is 11.1 Å². The number of halogens is 3. The molecule has 0 aromatic rings. The molecule has 0 atom stereocenters. The van der Waals surface area contributed by atoms with Crippen molar-refractivity contribution in [1.82, 2.24) is 10.2 Å². The number of nitrogens with two attached hydrogens (primary N) is 1. The SMILES string of the molecule is NC(=S)CN1CCC(NC(=O)CCOCC(F)(F)F)CC1. The number of piperidine rings is 1. The van der Waals surface area contributed by atoms with Gasteiger partial charge >= 0.3 is 6.18 Å². The lowest BCUT2D eigenvalue weighted by atomic mass is 10.0. The number of amides is 1. The van der Waals surface area contributed by atoms with Crippen LogP contribution >= 0.6 is 12.2 Å². The Labute approximate surface area is 127 Å². The first-order valence-corrected chi connectivity index (χ1v) is 7.11. The topological polar surface area (TPSA) is 67.6 Å². The van der Waals surface area contributed by atoms with E-state index in [1.165, 1.54) is 0 Å². The first-order chi connectivity index (χ1) is 9.76. The van der Waals surface area contributed by atoms with Gasteiger partial charge in [0.25, 0.3) is 0 Å². The largest absolute Gasteiger partial charge is 0.411 e. The molecule has 0 aliphatic carbocycles. The summed E-state index contributed by atoms with van der Waals surface area (Å²) in [4.78, 5) is 14.1. The Balaban J connectivity index is 2.12. The Morgan fingerprint density at radius 3 is 2.52 bits per heavy atom. The van der Waals surface area contributed by atoms with Crippen LogP contribution in [0.1, 0.15) is 19.3 Å². The molecule has 9 heteroatoms. The third kappa shape index (κ3) is 8.84. The maximum Gasteiger partial charge on any atom is 0.411 e. The van der Waals surface area contributed by atoms with Crippen LogP contribution in [0.5, 0.6) is 0 Å². The Hall–Kier alpha value is -0.930. The molecule has 1 aliphatic rings. The van der Waals surface area contributed by atoms with Crippen molar-refractivity contribution in [1.29, 1.82) is 0 Å². The molecule has 1 heterocycles. The summed E-state index contributed by atoms with van der Waals surface area (Å²) >= 11 is 4.83. The molecule has 1 saturated heterocycles. The summed E-state index contributed by atoms with van der Waals surface area (Å²) in [6.45, 7) is 0.588. The van der Waals surface area contributed by atoms with E-state index in [1.807, 2.05) is 0 Å². The van der Waals surface area contributed by atoms with Crippen LogP contribution in [0.2, 0.25) is 0 Å². The number of ether oxygens (including phenoxy) is 1. The van der Waals surface area contributed by atoms with Crippen molar-refractivity contribution in [3.05, 3.63) is 0 Å². The van der Waals surface area contributed by atoms with Crippen molar-refractivity contribution in [2.75, 3.05) is 32.8 Å². The summed E-state index contributed by atoms with van der Waals surface area (Å²) in [7, 11) is 0. The van der Waals surface area contributed by atoms with Crippen molar-refractivity contribution in [3.8, 4) is 0 Å². The lowest BCUT2D eigenvalue weighted by Crippen LogP contribution is -2.46. The second kappa shape index (κ2) is 8.50. The summed E-state index contributed by atoms with van der Waals surface area (Å²) in [6, 6.07) is 0.0442. The Morgan fingerprint density at radius 1 is 1.38 bits per heavy atom. The zero-order valence-electron chi connectivity index (χ0n) is 11.6. The van der Waals surface area contributed by atoms with E-state index in [9.17, 15) is 18.0 Å². The van der Waals surface area contributed by atoms with E-state index in [0.717, 1.165) is 25.9 Å². The third-order valence-corrected chi connectivity index (χ3v) is 3.20. The van der Waals surface area contributed by atoms with E-state index in [0.29, 0.717) is 11.5 Å². The summed E-state index contributed by atoms with van der Waals surface area (Å²) in [5.41, 5.74) is 5.46.